The maximum atomic E-state index is 9.93. The first-order valence-corrected chi connectivity index (χ1v) is 7.26. The number of nitrogens with one attached hydrogen (secondary N) is 1. The van der Waals surface area contributed by atoms with Gasteiger partial charge in [-0.2, -0.15) is 0 Å². The number of rotatable bonds is 4. The normalized spacial score (nSPS) is 16.7. The molecule has 3 N–H and O–H groups in total. The van der Waals surface area contributed by atoms with Crippen LogP contribution in [0.25, 0.3) is 0 Å². The molecule has 0 fully saturated rings. The van der Waals surface area contributed by atoms with Crippen LogP contribution in [0.15, 0.2) is 18.2 Å². The molecule has 2 unspecified atom stereocenters. The Morgan fingerprint density at radius 1 is 1.19 bits per heavy atom. The van der Waals surface area contributed by atoms with Crippen LogP contribution in [0, 0.1) is 0 Å². The van der Waals surface area contributed by atoms with Gasteiger partial charge in [-0.05, 0) is 26.3 Å². The fraction of sp³-hybridized carbons (Fsp3) is 0.467. The number of aryl methyl sites for hydroxylation is 1. The zero-order valence-corrected chi connectivity index (χ0v) is 12.2. The quantitative estimate of drug-likeness (QED) is 0.802. The van der Waals surface area contributed by atoms with Gasteiger partial charge in [0.25, 0.3) is 0 Å². The van der Waals surface area contributed by atoms with Crippen molar-refractivity contribution in [3.05, 3.63) is 35.4 Å². The average molecular weight is 288 g/mol. The molecule has 2 heterocycles. The third-order valence-electron chi connectivity index (χ3n) is 4.01. The maximum absolute atomic E-state index is 9.93. The molecule has 0 saturated carbocycles. The van der Waals surface area contributed by atoms with E-state index in [2.05, 4.69) is 20.1 Å². The lowest BCUT2D eigenvalue weighted by molar-refractivity contribution is 0.419. The van der Waals surface area contributed by atoms with Crippen molar-refractivity contribution in [3.8, 4) is 11.5 Å². The predicted molar refractivity (Wildman–Crippen MR) is 78.1 cm³/mol. The van der Waals surface area contributed by atoms with Gasteiger partial charge >= 0.3 is 0 Å². The highest BCUT2D eigenvalue weighted by Crippen LogP contribution is 2.29. The molecule has 6 heteroatoms. The van der Waals surface area contributed by atoms with Crippen LogP contribution in [-0.4, -0.2) is 25.0 Å². The van der Waals surface area contributed by atoms with Crippen molar-refractivity contribution < 1.29 is 10.2 Å². The largest absolute Gasteiger partial charge is 0.508 e. The van der Waals surface area contributed by atoms with Crippen LogP contribution in [0.4, 0.5) is 0 Å². The lowest BCUT2D eigenvalue weighted by Crippen LogP contribution is -2.25. The topological polar surface area (TPSA) is 83.2 Å². The summed E-state index contributed by atoms with van der Waals surface area (Å²) in [6, 6.07) is 4.63. The highest BCUT2D eigenvalue weighted by Gasteiger charge is 2.23. The zero-order valence-electron chi connectivity index (χ0n) is 12.2. The first-order chi connectivity index (χ1) is 10.1. The molecule has 0 saturated heterocycles. The molecule has 21 heavy (non-hydrogen) atoms. The van der Waals surface area contributed by atoms with E-state index < -0.39 is 0 Å². The summed E-state index contributed by atoms with van der Waals surface area (Å²) in [5.74, 6) is 2.15. The van der Waals surface area contributed by atoms with Crippen molar-refractivity contribution in [2.75, 3.05) is 0 Å². The maximum Gasteiger partial charge on any atom is 0.149 e. The molecule has 112 valence electrons. The van der Waals surface area contributed by atoms with E-state index in [1.807, 2.05) is 13.8 Å². The van der Waals surface area contributed by atoms with Crippen LogP contribution in [0.1, 0.15) is 49.6 Å². The molecule has 0 aliphatic carbocycles. The van der Waals surface area contributed by atoms with Gasteiger partial charge in [-0.3, -0.25) is 0 Å². The fourth-order valence-corrected chi connectivity index (χ4v) is 2.93. The van der Waals surface area contributed by atoms with E-state index >= 15 is 0 Å². The molecule has 0 radical (unpaired) electrons. The third kappa shape index (κ3) is 2.58. The second-order valence-corrected chi connectivity index (χ2v) is 5.58. The van der Waals surface area contributed by atoms with Crippen molar-refractivity contribution in [1.29, 1.82) is 0 Å². The predicted octanol–water partition coefficient (Wildman–Crippen LogP) is 2.05. The SMILES string of the molecule is CC(NC(C)c1nnc2n1CCC2)c1ccc(O)cc1O. The smallest absolute Gasteiger partial charge is 0.149 e. The molecule has 2 aromatic rings. The molecule has 1 aliphatic heterocycles. The number of hydrogen-bond acceptors (Lipinski definition) is 5. The third-order valence-corrected chi connectivity index (χ3v) is 4.01. The monoisotopic (exact) mass is 288 g/mol. The standard InChI is InChI=1S/C15H20N4O2/c1-9(12-6-5-11(20)8-13(12)21)16-10(2)15-18-17-14-4-3-7-19(14)15/h5-6,8-10,16,20-21H,3-4,7H2,1-2H3. The van der Waals surface area contributed by atoms with Crippen molar-refractivity contribution in [2.24, 2.45) is 0 Å². The molecule has 0 bridgehead atoms. The Kier molecular flexibility index (Phi) is 3.55. The summed E-state index contributed by atoms with van der Waals surface area (Å²) in [7, 11) is 0. The molecule has 1 aliphatic rings. The molecule has 1 aromatic heterocycles. The summed E-state index contributed by atoms with van der Waals surface area (Å²) < 4.78 is 2.17. The molecule has 3 rings (SSSR count). The van der Waals surface area contributed by atoms with Gasteiger partial charge < -0.3 is 20.1 Å². The molecular weight excluding hydrogens is 268 g/mol. The molecule has 0 amide bonds. The van der Waals surface area contributed by atoms with E-state index in [0.29, 0.717) is 0 Å². The van der Waals surface area contributed by atoms with Crippen LogP contribution in [0.5, 0.6) is 11.5 Å². The number of hydrogen-bond donors (Lipinski definition) is 3. The van der Waals surface area contributed by atoms with E-state index in [1.54, 1.807) is 12.1 Å². The van der Waals surface area contributed by atoms with E-state index in [-0.39, 0.29) is 23.6 Å². The Labute approximate surface area is 123 Å². The number of aromatic nitrogens is 3. The van der Waals surface area contributed by atoms with E-state index in [1.165, 1.54) is 6.07 Å². The lowest BCUT2D eigenvalue weighted by atomic mass is 10.1. The van der Waals surface area contributed by atoms with Crippen molar-refractivity contribution >= 4 is 0 Å². The van der Waals surface area contributed by atoms with Gasteiger partial charge in [0.2, 0.25) is 0 Å². The number of benzene rings is 1. The summed E-state index contributed by atoms with van der Waals surface area (Å²) in [6.45, 7) is 5.00. The molecule has 1 aromatic carbocycles. The van der Waals surface area contributed by atoms with Gasteiger partial charge in [0.1, 0.15) is 23.1 Å². The highest BCUT2D eigenvalue weighted by atomic mass is 16.3. The van der Waals surface area contributed by atoms with E-state index in [0.717, 1.165) is 36.6 Å². The van der Waals surface area contributed by atoms with Gasteiger partial charge in [-0.15, -0.1) is 10.2 Å². The highest BCUT2D eigenvalue weighted by molar-refractivity contribution is 5.40. The molecular formula is C15H20N4O2. The number of phenolic OH excluding ortho intramolecular Hbond substituents is 2. The molecule has 0 spiro atoms. The summed E-state index contributed by atoms with van der Waals surface area (Å²) in [6.07, 6.45) is 2.12. The molecule has 6 nitrogen and oxygen atoms in total. The number of fused-ring (bicyclic) bond motifs is 1. The minimum Gasteiger partial charge on any atom is -0.508 e. The number of phenols is 2. The second kappa shape index (κ2) is 5.37. The van der Waals surface area contributed by atoms with Gasteiger partial charge in [-0.25, -0.2) is 0 Å². The van der Waals surface area contributed by atoms with Crippen LogP contribution < -0.4 is 5.32 Å². The van der Waals surface area contributed by atoms with Gasteiger partial charge in [0, 0.05) is 30.6 Å². The Morgan fingerprint density at radius 2 is 2.00 bits per heavy atom. The summed E-state index contributed by atoms with van der Waals surface area (Å²) in [5.41, 5.74) is 0.751. The zero-order chi connectivity index (χ0) is 15.0. The Morgan fingerprint density at radius 3 is 2.76 bits per heavy atom. The second-order valence-electron chi connectivity index (χ2n) is 5.58. The lowest BCUT2D eigenvalue weighted by Gasteiger charge is -2.21. The van der Waals surface area contributed by atoms with Crippen molar-refractivity contribution in [1.82, 2.24) is 20.1 Å². The molecule has 2 atom stereocenters. The van der Waals surface area contributed by atoms with Crippen LogP contribution in [0.3, 0.4) is 0 Å². The van der Waals surface area contributed by atoms with Crippen molar-refractivity contribution in [2.45, 2.75) is 45.3 Å². The summed E-state index contributed by atoms with van der Waals surface area (Å²) >= 11 is 0. The Balaban J connectivity index is 1.76. The number of aromatic hydroxyl groups is 2. The van der Waals surface area contributed by atoms with Crippen LogP contribution in [-0.2, 0) is 13.0 Å². The summed E-state index contributed by atoms with van der Waals surface area (Å²) in [5, 5.41) is 31.2. The number of nitrogens with zero attached hydrogens (tertiary/aromatic N) is 3. The van der Waals surface area contributed by atoms with Gasteiger partial charge in [0.05, 0.1) is 6.04 Å². The Bertz CT molecular complexity index is 653. The van der Waals surface area contributed by atoms with Crippen molar-refractivity contribution in [3.63, 3.8) is 0 Å². The first-order valence-electron chi connectivity index (χ1n) is 7.26. The first kappa shape index (κ1) is 13.9. The van der Waals surface area contributed by atoms with Crippen LogP contribution >= 0.6 is 0 Å². The van der Waals surface area contributed by atoms with E-state index in [4.69, 9.17) is 0 Å². The fourth-order valence-electron chi connectivity index (χ4n) is 2.93. The average Bonchev–Trinajstić information content (AvgIpc) is 3.00. The minimum atomic E-state index is -0.0602. The summed E-state index contributed by atoms with van der Waals surface area (Å²) in [4.78, 5) is 0. The van der Waals surface area contributed by atoms with E-state index in [9.17, 15) is 10.2 Å². The van der Waals surface area contributed by atoms with Gasteiger partial charge in [0.15, 0.2) is 0 Å². The van der Waals surface area contributed by atoms with Gasteiger partial charge in [-0.1, -0.05) is 6.07 Å². The Hall–Kier alpha value is -2.08. The minimum absolute atomic E-state index is 0.0348. The van der Waals surface area contributed by atoms with Crippen LogP contribution in [0.2, 0.25) is 0 Å².